The van der Waals surface area contributed by atoms with E-state index in [1.807, 2.05) is 0 Å². The SMILES string of the molecule is CC1(N)CC2(CCCN2)CCN1. The van der Waals surface area contributed by atoms with Crippen LogP contribution in [0.3, 0.4) is 0 Å². The van der Waals surface area contributed by atoms with Crippen molar-refractivity contribution < 1.29 is 0 Å². The van der Waals surface area contributed by atoms with Crippen LogP contribution in [-0.4, -0.2) is 24.3 Å². The zero-order valence-corrected chi connectivity index (χ0v) is 7.82. The Labute approximate surface area is 74.1 Å². The molecule has 0 amide bonds. The molecular formula is C9H19N3. The molecule has 12 heavy (non-hydrogen) atoms. The smallest absolute Gasteiger partial charge is 0.0650 e. The molecule has 2 aliphatic heterocycles. The summed E-state index contributed by atoms with van der Waals surface area (Å²) in [5, 5.41) is 6.95. The van der Waals surface area contributed by atoms with Crippen LogP contribution in [0.15, 0.2) is 0 Å². The molecule has 2 unspecified atom stereocenters. The first kappa shape index (κ1) is 8.48. The van der Waals surface area contributed by atoms with Crippen LogP contribution in [0.2, 0.25) is 0 Å². The molecule has 3 nitrogen and oxygen atoms in total. The van der Waals surface area contributed by atoms with Gasteiger partial charge >= 0.3 is 0 Å². The topological polar surface area (TPSA) is 50.1 Å². The minimum absolute atomic E-state index is 0.157. The van der Waals surface area contributed by atoms with Gasteiger partial charge in [0.2, 0.25) is 0 Å². The standard InChI is InChI=1S/C9H19N3/c1-8(10)7-9(4-6-11-8)3-2-5-12-9/h11-12H,2-7,10H2,1H3. The third-order valence-corrected chi connectivity index (χ3v) is 3.17. The van der Waals surface area contributed by atoms with E-state index in [1.165, 1.54) is 25.8 Å². The Morgan fingerprint density at radius 3 is 2.58 bits per heavy atom. The van der Waals surface area contributed by atoms with Gasteiger partial charge in [-0.05, 0) is 45.7 Å². The summed E-state index contributed by atoms with van der Waals surface area (Å²) in [5.74, 6) is 0. The molecule has 0 radical (unpaired) electrons. The van der Waals surface area contributed by atoms with E-state index >= 15 is 0 Å². The summed E-state index contributed by atoms with van der Waals surface area (Å²) in [5.41, 5.74) is 6.29. The van der Waals surface area contributed by atoms with Crippen LogP contribution >= 0.6 is 0 Å². The predicted octanol–water partition coefficient (Wildman–Crippen LogP) is 0.167. The van der Waals surface area contributed by atoms with Gasteiger partial charge in [-0.2, -0.15) is 0 Å². The van der Waals surface area contributed by atoms with E-state index in [9.17, 15) is 0 Å². The summed E-state index contributed by atoms with van der Waals surface area (Å²) in [6, 6.07) is 0. The fourth-order valence-electron chi connectivity index (χ4n) is 2.67. The highest BCUT2D eigenvalue weighted by Gasteiger charge is 2.41. The fraction of sp³-hybridized carbons (Fsp3) is 1.00. The van der Waals surface area contributed by atoms with Gasteiger partial charge in [0.1, 0.15) is 0 Å². The lowest BCUT2D eigenvalue weighted by Gasteiger charge is -2.43. The first-order valence-electron chi connectivity index (χ1n) is 4.91. The van der Waals surface area contributed by atoms with E-state index in [2.05, 4.69) is 17.6 Å². The lowest BCUT2D eigenvalue weighted by Crippen LogP contribution is -2.63. The van der Waals surface area contributed by atoms with Crippen molar-refractivity contribution >= 4 is 0 Å². The second kappa shape index (κ2) is 2.69. The number of rotatable bonds is 0. The van der Waals surface area contributed by atoms with Gasteiger partial charge in [-0.15, -0.1) is 0 Å². The molecule has 3 heteroatoms. The molecule has 2 rings (SSSR count). The van der Waals surface area contributed by atoms with Crippen molar-refractivity contribution in [2.24, 2.45) is 5.73 Å². The Balaban J connectivity index is 2.07. The number of nitrogens with one attached hydrogen (secondary N) is 2. The van der Waals surface area contributed by atoms with Gasteiger partial charge in [0.15, 0.2) is 0 Å². The molecule has 4 N–H and O–H groups in total. The number of piperidine rings is 1. The molecule has 2 heterocycles. The maximum absolute atomic E-state index is 6.08. The maximum atomic E-state index is 6.08. The van der Waals surface area contributed by atoms with E-state index < -0.39 is 0 Å². The van der Waals surface area contributed by atoms with Crippen LogP contribution < -0.4 is 16.4 Å². The van der Waals surface area contributed by atoms with Gasteiger partial charge in [0, 0.05) is 5.54 Å². The lowest BCUT2D eigenvalue weighted by atomic mass is 9.81. The second-order valence-electron chi connectivity index (χ2n) is 4.58. The van der Waals surface area contributed by atoms with Crippen LogP contribution in [0.4, 0.5) is 0 Å². The molecule has 0 aromatic rings. The molecule has 1 spiro atoms. The number of hydrogen-bond donors (Lipinski definition) is 3. The average molecular weight is 169 g/mol. The molecule has 0 bridgehead atoms. The van der Waals surface area contributed by atoms with Gasteiger partial charge in [0.25, 0.3) is 0 Å². The number of hydrogen-bond acceptors (Lipinski definition) is 3. The first-order chi connectivity index (χ1) is 5.62. The van der Waals surface area contributed by atoms with E-state index in [-0.39, 0.29) is 5.66 Å². The van der Waals surface area contributed by atoms with Gasteiger partial charge < -0.3 is 11.1 Å². The highest BCUT2D eigenvalue weighted by Crippen LogP contribution is 2.32. The Morgan fingerprint density at radius 2 is 2.00 bits per heavy atom. The minimum Gasteiger partial charge on any atom is -0.313 e. The molecule has 0 aromatic carbocycles. The van der Waals surface area contributed by atoms with Crippen LogP contribution in [0.25, 0.3) is 0 Å². The quantitative estimate of drug-likeness (QED) is 0.484. The van der Waals surface area contributed by atoms with Crippen molar-refractivity contribution in [3.8, 4) is 0 Å². The average Bonchev–Trinajstić information content (AvgIpc) is 2.34. The van der Waals surface area contributed by atoms with E-state index in [4.69, 9.17) is 5.73 Å². The Kier molecular flexibility index (Phi) is 1.90. The predicted molar refractivity (Wildman–Crippen MR) is 49.8 cm³/mol. The van der Waals surface area contributed by atoms with Crippen molar-refractivity contribution in [2.75, 3.05) is 13.1 Å². The summed E-state index contributed by atoms with van der Waals surface area (Å²) >= 11 is 0. The summed E-state index contributed by atoms with van der Waals surface area (Å²) in [6.07, 6.45) is 4.93. The van der Waals surface area contributed by atoms with Crippen molar-refractivity contribution in [3.05, 3.63) is 0 Å². The largest absolute Gasteiger partial charge is 0.313 e. The number of nitrogens with two attached hydrogens (primary N) is 1. The molecule has 2 atom stereocenters. The summed E-state index contributed by atoms with van der Waals surface area (Å²) in [7, 11) is 0. The van der Waals surface area contributed by atoms with Crippen LogP contribution in [-0.2, 0) is 0 Å². The Morgan fingerprint density at radius 1 is 1.17 bits per heavy atom. The molecule has 2 fully saturated rings. The zero-order chi connectivity index (χ0) is 8.66. The second-order valence-corrected chi connectivity index (χ2v) is 4.58. The molecule has 2 saturated heterocycles. The van der Waals surface area contributed by atoms with E-state index in [0.29, 0.717) is 5.54 Å². The zero-order valence-electron chi connectivity index (χ0n) is 7.82. The van der Waals surface area contributed by atoms with E-state index in [1.54, 1.807) is 0 Å². The van der Waals surface area contributed by atoms with Crippen LogP contribution in [0.5, 0.6) is 0 Å². The van der Waals surface area contributed by atoms with Crippen molar-refractivity contribution in [3.63, 3.8) is 0 Å². The highest BCUT2D eigenvalue weighted by atomic mass is 15.1. The summed E-state index contributed by atoms with van der Waals surface area (Å²) in [6.45, 7) is 4.32. The van der Waals surface area contributed by atoms with Gasteiger partial charge in [-0.1, -0.05) is 0 Å². The van der Waals surface area contributed by atoms with Crippen molar-refractivity contribution in [1.29, 1.82) is 0 Å². The molecule has 0 saturated carbocycles. The van der Waals surface area contributed by atoms with Crippen LogP contribution in [0.1, 0.15) is 32.6 Å². The van der Waals surface area contributed by atoms with Gasteiger partial charge in [0.05, 0.1) is 5.66 Å². The highest BCUT2D eigenvalue weighted by molar-refractivity contribution is 5.02. The Hall–Kier alpha value is -0.120. The van der Waals surface area contributed by atoms with Crippen molar-refractivity contribution in [2.45, 2.75) is 43.8 Å². The molecule has 2 aliphatic rings. The summed E-state index contributed by atoms with van der Waals surface area (Å²) < 4.78 is 0. The molecular weight excluding hydrogens is 150 g/mol. The maximum Gasteiger partial charge on any atom is 0.0650 e. The molecule has 70 valence electrons. The van der Waals surface area contributed by atoms with Crippen molar-refractivity contribution in [1.82, 2.24) is 10.6 Å². The Bertz CT molecular complexity index is 171. The van der Waals surface area contributed by atoms with Gasteiger partial charge in [-0.25, -0.2) is 0 Å². The monoisotopic (exact) mass is 169 g/mol. The third kappa shape index (κ3) is 1.49. The normalized spacial score (nSPS) is 48.5. The molecule has 0 aliphatic carbocycles. The van der Waals surface area contributed by atoms with E-state index in [0.717, 1.165) is 13.0 Å². The fourth-order valence-corrected chi connectivity index (χ4v) is 2.67. The van der Waals surface area contributed by atoms with Gasteiger partial charge in [-0.3, -0.25) is 5.32 Å². The molecule has 0 aromatic heterocycles. The minimum atomic E-state index is -0.157. The lowest BCUT2D eigenvalue weighted by molar-refractivity contribution is 0.168. The summed E-state index contributed by atoms with van der Waals surface area (Å²) in [4.78, 5) is 0. The third-order valence-electron chi connectivity index (χ3n) is 3.17. The van der Waals surface area contributed by atoms with Crippen LogP contribution in [0, 0.1) is 0 Å². The first-order valence-corrected chi connectivity index (χ1v) is 4.91.